The van der Waals surface area contributed by atoms with Crippen molar-refractivity contribution in [2.24, 2.45) is 5.73 Å². The van der Waals surface area contributed by atoms with Gasteiger partial charge in [-0.25, -0.2) is 0 Å². The molecular formula is C49H96N4O3Si. The highest BCUT2D eigenvalue weighted by atomic mass is 28.4. The van der Waals surface area contributed by atoms with Gasteiger partial charge in [0.1, 0.15) is 6.29 Å². The molecule has 57 heavy (non-hydrogen) atoms. The molecule has 0 aromatic rings. The molecule has 1 unspecified atom stereocenters. The summed E-state index contributed by atoms with van der Waals surface area (Å²) in [5, 5.41) is 10.1. The number of ether oxygens (including phenoxy) is 1. The molecule has 7 nitrogen and oxygen atoms in total. The molecule has 0 saturated carbocycles. The summed E-state index contributed by atoms with van der Waals surface area (Å²) in [7, 11) is -0.112. The second-order valence-corrected chi connectivity index (χ2v) is 20.0. The van der Waals surface area contributed by atoms with Crippen LogP contribution in [0, 0.1) is 5.41 Å². The van der Waals surface area contributed by atoms with Crippen LogP contribution in [-0.2, 0) is 13.6 Å². The van der Waals surface area contributed by atoms with Gasteiger partial charge in [-0.3, -0.25) is 5.41 Å². The summed E-state index contributed by atoms with van der Waals surface area (Å²) in [5.74, 6) is 0.0549. The lowest BCUT2D eigenvalue weighted by Gasteiger charge is -2.29. The quantitative estimate of drug-likeness (QED) is 0.0142. The SMILES string of the molecule is CCCCC/C=C\C/C=C\CCCCCCCCOC(CCCCCCC/C=C\C/C=C\CCCCC)O[Si](C)(C)OCCCCCCN(C)CCCNC(=N)N. The average molecular weight is 817 g/mol. The van der Waals surface area contributed by atoms with E-state index in [2.05, 4.69) is 92.8 Å². The smallest absolute Gasteiger partial charge is 0.333 e. The van der Waals surface area contributed by atoms with Gasteiger partial charge in [0.25, 0.3) is 0 Å². The minimum absolute atomic E-state index is 0.0549. The zero-order valence-corrected chi connectivity index (χ0v) is 39.5. The standard InChI is InChI=1S/C49H96N4O3Si/c1-6-8-10-12-14-16-18-20-22-24-26-28-30-32-35-39-46-54-48(42-37-33-31-29-27-25-23-21-19-17-15-13-11-9-7-2)56-57(4,5)55-47-40-36-34-38-44-53(3)45-41-43-52-49(50)51/h14-17,20-23,48H,6-13,18-19,24-47H2,1-5H3,(H4,50,51,52)/b16-14-,17-15-,22-20-,23-21-. The fraction of sp³-hybridized carbons (Fsp3) is 0.816. The third-order valence-corrected chi connectivity index (χ3v) is 12.1. The summed E-state index contributed by atoms with van der Waals surface area (Å²) in [5.41, 5.74) is 5.36. The molecule has 0 heterocycles. The van der Waals surface area contributed by atoms with Crippen molar-refractivity contribution < 1.29 is 13.6 Å². The molecule has 0 aromatic heterocycles. The molecule has 4 N–H and O–H groups in total. The van der Waals surface area contributed by atoms with Gasteiger partial charge >= 0.3 is 8.56 Å². The predicted octanol–water partition coefficient (Wildman–Crippen LogP) is 14.1. The highest BCUT2D eigenvalue weighted by Gasteiger charge is 2.29. The van der Waals surface area contributed by atoms with E-state index >= 15 is 0 Å². The summed E-state index contributed by atoms with van der Waals surface area (Å²) in [4.78, 5) is 2.37. The number of nitrogens with zero attached hydrogens (tertiary/aromatic N) is 1. The van der Waals surface area contributed by atoms with Gasteiger partial charge < -0.3 is 29.5 Å². The minimum Gasteiger partial charge on any atom is -0.394 e. The summed E-state index contributed by atoms with van der Waals surface area (Å²) >= 11 is 0. The molecule has 0 radical (unpaired) electrons. The lowest BCUT2D eigenvalue weighted by Crippen LogP contribution is -2.40. The average Bonchev–Trinajstić information content (AvgIpc) is 3.18. The van der Waals surface area contributed by atoms with E-state index in [1.807, 2.05) is 0 Å². The lowest BCUT2D eigenvalue weighted by atomic mass is 10.1. The topological polar surface area (TPSA) is 92.8 Å². The van der Waals surface area contributed by atoms with Crippen molar-refractivity contribution in [2.45, 2.75) is 219 Å². The Hall–Kier alpha value is -1.71. The molecule has 0 aliphatic carbocycles. The Morgan fingerprint density at radius 3 is 1.54 bits per heavy atom. The summed E-state index contributed by atoms with van der Waals surface area (Å²) in [6.07, 6.45) is 54.1. The van der Waals surface area contributed by atoms with E-state index in [-0.39, 0.29) is 12.2 Å². The fourth-order valence-electron chi connectivity index (χ4n) is 6.79. The van der Waals surface area contributed by atoms with Gasteiger partial charge in [-0.05, 0) is 136 Å². The number of nitrogens with two attached hydrogens (primary N) is 1. The normalized spacial score (nSPS) is 13.1. The first-order valence-electron chi connectivity index (χ1n) is 24.1. The van der Waals surface area contributed by atoms with Crippen LogP contribution < -0.4 is 11.1 Å². The molecule has 0 saturated heterocycles. The molecular weight excluding hydrogens is 721 g/mol. The van der Waals surface area contributed by atoms with E-state index in [0.717, 1.165) is 77.8 Å². The van der Waals surface area contributed by atoms with E-state index in [1.165, 1.54) is 141 Å². The summed E-state index contributed by atoms with van der Waals surface area (Å²) in [6.45, 7) is 13.4. The zero-order chi connectivity index (χ0) is 41.8. The predicted molar refractivity (Wildman–Crippen MR) is 253 cm³/mol. The molecule has 0 aromatic carbocycles. The maximum atomic E-state index is 7.25. The Morgan fingerprint density at radius 2 is 1.02 bits per heavy atom. The number of hydrogen-bond acceptors (Lipinski definition) is 5. The number of nitrogens with one attached hydrogen (secondary N) is 2. The van der Waals surface area contributed by atoms with Gasteiger partial charge in [0.05, 0.1) is 0 Å². The first-order valence-corrected chi connectivity index (χ1v) is 26.9. The van der Waals surface area contributed by atoms with Crippen LogP contribution in [0.4, 0.5) is 0 Å². The molecule has 0 aliphatic rings. The number of hydrogen-bond donors (Lipinski definition) is 3. The monoisotopic (exact) mass is 817 g/mol. The Balaban J connectivity index is 4.38. The van der Waals surface area contributed by atoms with Gasteiger partial charge in [0.2, 0.25) is 0 Å². The molecule has 0 spiro atoms. The van der Waals surface area contributed by atoms with Crippen molar-refractivity contribution in [3.8, 4) is 0 Å². The van der Waals surface area contributed by atoms with E-state index in [0.29, 0.717) is 0 Å². The van der Waals surface area contributed by atoms with Gasteiger partial charge in [0, 0.05) is 19.8 Å². The molecule has 1 atom stereocenters. The molecule has 0 aliphatic heterocycles. The van der Waals surface area contributed by atoms with Crippen molar-refractivity contribution in [1.29, 1.82) is 5.41 Å². The van der Waals surface area contributed by atoms with Crippen molar-refractivity contribution in [2.75, 3.05) is 39.9 Å². The van der Waals surface area contributed by atoms with Crippen LogP contribution in [0.2, 0.25) is 13.1 Å². The Bertz CT molecular complexity index is 970. The van der Waals surface area contributed by atoms with Crippen LogP contribution in [0.3, 0.4) is 0 Å². The third kappa shape index (κ3) is 45.2. The van der Waals surface area contributed by atoms with E-state index in [1.54, 1.807) is 0 Å². The second kappa shape index (κ2) is 43.9. The Labute approximate surface area is 356 Å². The van der Waals surface area contributed by atoms with Crippen molar-refractivity contribution in [3.05, 3.63) is 48.6 Å². The van der Waals surface area contributed by atoms with Crippen molar-refractivity contribution in [1.82, 2.24) is 10.2 Å². The summed E-state index contributed by atoms with van der Waals surface area (Å²) in [6, 6.07) is 0. The highest BCUT2D eigenvalue weighted by molar-refractivity contribution is 6.64. The molecule has 0 bridgehead atoms. The third-order valence-electron chi connectivity index (χ3n) is 10.4. The maximum absolute atomic E-state index is 7.25. The van der Waals surface area contributed by atoms with Gasteiger partial charge in [-0.2, -0.15) is 0 Å². The number of guanidine groups is 1. The lowest BCUT2D eigenvalue weighted by molar-refractivity contribution is -0.104. The van der Waals surface area contributed by atoms with Gasteiger partial charge in [-0.1, -0.05) is 146 Å². The maximum Gasteiger partial charge on any atom is 0.333 e. The van der Waals surface area contributed by atoms with Crippen LogP contribution in [0.25, 0.3) is 0 Å². The first-order chi connectivity index (χ1) is 27.8. The van der Waals surface area contributed by atoms with Crippen LogP contribution in [0.5, 0.6) is 0 Å². The van der Waals surface area contributed by atoms with Gasteiger partial charge in [0.15, 0.2) is 5.96 Å². The molecule has 0 amide bonds. The van der Waals surface area contributed by atoms with E-state index in [4.69, 9.17) is 24.7 Å². The first kappa shape index (κ1) is 55.3. The molecule has 8 heteroatoms. The largest absolute Gasteiger partial charge is 0.394 e. The van der Waals surface area contributed by atoms with Crippen molar-refractivity contribution >= 4 is 14.5 Å². The fourth-order valence-corrected chi connectivity index (χ4v) is 8.32. The highest BCUT2D eigenvalue weighted by Crippen LogP contribution is 2.19. The number of unbranched alkanes of at least 4 members (excludes halogenated alkanes) is 20. The van der Waals surface area contributed by atoms with Crippen molar-refractivity contribution in [3.63, 3.8) is 0 Å². The van der Waals surface area contributed by atoms with E-state index in [9.17, 15) is 0 Å². The number of allylic oxidation sites excluding steroid dienone is 8. The molecule has 0 fully saturated rings. The zero-order valence-electron chi connectivity index (χ0n) is 38.5. The van der Waals surface area contributed by atoms with Crippen LogP contribution in [0.15, 0.2) is 48.6 Å². The van der Waals surface area contributed by atoms with Gasteiger partial charge in [-0.15, -0.1) is 0 Å². The van der Waals surface area contributed by atoms with Crippen LogP contribution in [0.1, 0.15) is 200 Å². The Morgan fingerprint density at radius 1 is 0.579 bits per heavy atom. The number of rotatable bonds is 44. The second-order valence-electron chi connectivity index (χ2n) is 16.7. The Kier molecular flexibility index (Phi) is 42.5. The molecule has 334 valence electrons. The van der Waals surface area contributed by atoms with E-state index < -0.39 is 8.56 Å². The summed E-state index contributed by atoms with van der Waals surface area (Å²) < 4.78 is 19.5. The van der Waals surface area contributed by atoms with Crippen LogP contribution in [-0.4, -0.2) is 65.6 Å². The molecule has 0 rings (SSSR count). The van der Waals surface area contributed by atoms with Crippen LogP contribution >= 0.6 is 0 Å². The minimum atomic E-state index is -2.29.